The lowest BCUT2D eigenvalue weighted by atomic mass is 9.95. The van der Waals surface area contributed by atoms with Gasteiger partial charge in [-0.25, -0.2) is 0 Å². The lowest BCUT2D eigenvalue weighted by Gasteiger charge is -2.28. The second-order valence-corrected chi connectivity index (χ2v) is 11.8. The Morgan fingerprint density at radius 3 is 1.40 bits per heavy atom. The standard InChI is InChI=1S/C36H56O4/c1-4-7-10-13-16-19-23-28-24-22-27-31-34(28)40-36-30(26-21-18-15-12-9-6-3)33(38)32(37)29(35(36)39-31)25-20-17-14-11-8-5-2/h22,24,27,37-38H,4-21,23,25-26H2,1-3H3. The van der Waals surface area contributed by atoms with Crippen LogP contribution >= 0.6 is 0 Å². The maximum absolute atomic E-state index is 11.2. The highest BCUT2D eigenvalue weighted by molar-refractivity contribution is 5.70. The molecule has 0 aromatic heterocycles. The van der Waals surface area contributed by atoms with Gasteiger partial charge < -0.3 is 19.7 Å². The minimum Gasteiger partial charge on any atom is -0.504 e. The Bertz CT molecular complexity index is 1010. The fraction of sp³-hybridized carbons (Fsp3) is 0.667. The molecule has 224 valence electrons. The van der Waals surface area contributed by atoms with Crippen molar-refractivity contribution >= 4 is 0 Å². The molecule has 4 heteroatoms. The number of rotatable bonds is 21. The fourth-order valence-corrected chi connectivity index (χ4v) is 5.88. The van der Waals surface area contributed by atoms with Gasteiger partial charge in [0.25, 0.3) is 0 Å². The van der Waals surface area contributed by atoms with Crippen molar-refractivity contribution in [3.8, 4) is 34.5 Å². The first kappa shape index (κ1) is 32.2. The van der Waals surface area contributed by atoms with Gasteiger partial charge in [0.15, 0.2) is 34.5 Å². The van der Waals surface area contributed by atoms with Crippen LogP contribution in [0.5, 0.6) is 34.5 Å². The predicted octanol–water partition coefficient (Wildman–Crippen LogP) is 11.7. The van der Waals surface area contributed by atoms with Crippen molar-refractivity contribution in [2.24, 2.45) is 0 Å². The van der Waals surface area contributed by atoms with E-state index in [0.29, 0.717) is 35.5 Å². The van der Waals surface area contributed by atoms with Crippen LogP contribution in [0.15, 0.2) is 18.2 Å². The smallest absolute Gasteiger partial charge is 0.177 e. The topological polar surface area (TPSA) is 58.9 Å². The molecule has 2 aromatic rings. The predicted molar refractivity (Wildman–Crippen MR) is 168 cm³/mol. The summed E-state index contributed by atoms with van der Waals surface area (Å²) in [4.78, 5) is 0. The van der Waals surface area contributed by atoms with Gasteiger partial charge in [0.1, 0.15) is 0 Å². The molecule has 0 aliphatic carbocycles. The van der Waals surface area contributed by atoms with Crippen LogP contribution in [0.3, 0.4) is 0 Å². The zero-order valence-corrected chi connectivity index (χ0v) is 25.8. The van der Waals surface area contributed by atoms with Crippen LogP contribution in [0.4, 0.5) is 0 Å². The molecule has 0 bridgehead atoms. The number of unbranched alkanes of at least 4 members (excludes halogenated alkanes) is 15. The first-order chi connectivity index (χ1) is 19.6. The highest BCUT2D eigenvalue weighted by Crippen LogP contribution is 2.56. The number of hydrogen-bond acceptors (Lipinski definition) is 4. The number of ether oxygens (including phenoxy) is 2. The number of para-hydroxylation sites is 1. The Morgan fingerprint density at radius 2 is 0.900 bits per heavy atom. The summed E-state index contributed by atoms with van der Waals surface area (Å²) < 4.78 is 13.2. The fourth-order valence-electron chi connectivity index (χ4n) is 5.88. The molecule has 0 radical (unpaired) electrons. The van der Waals surface area contributed by atoms with E-state index in [-0.39, 0.29) is 11.5 Å². The summed E-state index contributed by atoms with van der Waals surface area (Å²) in [5.74, 6) is 2.68. The molecule has 40 heavy (non-hydrogen) atoms. The van der Waals surface area contributed by atoms with Crippen molar-refractivity contribution < 1.29 is 19.7 Å². The van der Waals surface area contributed by atoms with Gasteiger partial charge in [-0.05, 0) is 50.2 Å². The third kappa shape index (κ3) is 9.35. The van der Waals surface area contributed by atoms with E-state index < -0.39 is 0 Å². The van der Waals surface area contributed by atoms with Crippen molar-refractivity contribution in [2.75, 3.05) is 0 Å². The van der Waals surface area contributed by atoms with Crippen molar-refractivity contribution in [2.45, 2.75) is 156 Å². The van der Waals surface area contributed by atoms with Crippen LogP contribution in [0.25, 0.3) is 0 Å². The van der Waals surface area contributed by atoms with E-state index in [9.17, 15) is 10.2 Å². The third-order valence-electron chi connectivity index (χ3n) is 8.39. The third-order valence-corrected chi connectivity index (χ3v) is 8.39. The Morgan fingerprint density at radius 1 is 0.475 bits per heavy atom. The molecule has 0 atom stereocenters. The van der Waals surface area contributed by atoms with Gasteiger partial charge in [0.2, 0.25) is 0 Å². The maximum Gasteiger partial charge on any atom is 0.177 e. The zero-order valence-electron chi connectivity index (χ0n) is 25.8. The zero-order chi connectivity index (χ0) is 28.6. The summed E-state index contributed by atoms with van der Waals surface area (Å²) in [6, 6.07) is 6.16. The molecule has 0 saturated heterocycles. The average Bonchev–Trinajstić information content (AvgIpc) is 2.96. The molecule has 1 aliphatic heterocycles. The van der Waals surface area contributed by atoms with Crippen molar-refractivity contribution in [3.05, 3.63) is 34.9 Å². The average molecular weight is 553 g/mol. The molecule has 0 saturated carbocycles. The van der Waals surface area contributed by atoms with Crippen LogP contribution in [-0.2, 0) is 19.3 Å². The summed E-state index contributed by atoms with van der Waals surface area (Å²) in [5, 5.41) is 22.4. The Labute approximate surface area is 244 Å². The van der Waals surface area contributed by atoms with Crippen molar-refractivity contribution in [1.29, 1.82) is 0 Å². The lowest BCUT2D eigenvalue weighted by molar-refractivity contribution is 0.331. The van der Waals surface area contributed by atoms with Gasteiger partial charge in [-0.15, -0.1) is 0 Å². The molecule has 0 unspecified atom stereocenters. The molecule has 0 amide bonds. The maximum atomic E-state index is 11.2. The lowest BCUT2D eigenvalue weighted by Crippen LogP contribution is -2.08. The van der Waals surface area contributed by atoms with Gasteiger partial charge in [0, 0.05) is 11.1 Å². The van der Waals surface area contributed by atoms with E-state index in [2.05, 4.69) is 26.8 Å². The molecule has 1 heterocycles. The van der Waals surface area contributed by atoms with Crippen LogP contribution in [0, 0.1) is 0 Å². The Kier molecular flexibility index (Phi) is 14.6. The van der Waals surface area contributed by atoms with Crippen LogP contribution in [0.2, 0.25) is 0 Å². The van der Waals surface area contributed by atoms with Gasteiger partial charge in [-0.2, -0.15) is 0 Å². The Hall–Kier alpha value is -2.36. The number of fused-ring (bicyclic) bond motifs is 2. The largest absolute Gasteiger partial charge is 0.504 e. The summed E-state index contributed by atoms with van der Waals surface area (Å²) in [5.41, 5.74) is 2.53. The number of hydrogen-bond donors (Lipinski definition) is 2. The SMILES string of the molecule is CCCCCCCCc1cccc2c1Oc1c(CCCCCCCC)c(O)c(O)c(CCCCCCCC)c1O2. The first-order valence-electron chi connectivity index (χ1n) is 16.7. The number of phenols is 2. The van der Waals surface area contributed by atoms with Crippen molar-refractivity contribution in [3.63, 3.8) is 0 Å². The van der Waals surface area contributed by atoms with Gasteiger partial charge >= 0.3 is 0 Å². The van der Waals surface area contributed by atoms with E-state index >= 15 is 0 Å². The highest BCUT2D eigenvalue weighted by Gasteiger charge is 2.31. The van der Waals surface area contributed by atoms with E-state index in [0.717, 1.165) is 55.6 Å². The second kappa shape index (κ2) is 18.1. The first-order valence-corrected chi connectivity index (χ1v) is 16.7. The molecular formula is C36H56O4. The molecule has 1 aliphatic rings. The monoisotopic (exact) mass is 552 g/mol. The normalized spacial score (nSPS) is 12.1. The second-order valence-electron chi connectivity index (χ2n) is 11.8. The van der Waals surface area contributed by atoms with Crippen LogP contribution < -0.4 is 9.47 Å². The van der Waals surface area contributed by atoms with E-state index in [1.54, 1.807) is 0 Å². The molecule has 0 fully saturated rings. The molecule has 2 aromatic carbocycles. The molecule has 2 N–H and O–H groups in total. The van der Waals surface area contributed by atoms with E-state index in [1.807, 2.05) is 12.1 Å². The van der Waals surface area contributed by atoms with E-state index in [1.165, 1.54) is 83.5 Å². The highest BCUT2D eigenvalue weighted by atomic mass is 16.6. The minimum atomic E-state index is -0.0245. The molecule has 0 spiro atoms. The summed E-state index contributed by atoms with van der Waals surface area (Å²) in [6.45, 7) is 6.71. The van der Waals surface area contributed by atoms with Crippen LogP contribution in [-0.4, -0.2) is 10.2 Å². The summed E-state index contributed by atoms with van der Waals surface area (Å²) in [7, 11) is 0. The van der Waals surface area contributed by atoms with Crippen LogP contribution in [0.1, 0.15) is 153 Å². The van der Waals surface area contributed by atoms with Gasteiger partial charge in [-0.3, -0.25) is 0 Å². The number of aromatic hydroxyl groups is 2. The number of aryl methyl sites for hydroxylation is 1. The van der Waals surface area contributed by atoms with Gasteiger partial charge in [0.05, 0.1) is 0 Å². The quantitative estimate of drug-likeness (QED) is 0.102. The molecular weight excluding hydrogens is 496 g/mol. The molecule has 3 rings (SSSR count). The summed E-state index contributed by atoms with van der Waals surface area (Å²) in [6.07, 6.45) is 23.8. The Balaban J connectivity index is 1.80. The number of phenolic OH excluding ortho intramolecular Hbond substituents is 2. The minimum absolute atomic E-state index is 0.0197. The molecule has 4 nitrogen and oxygen atoms in total. The van der Waals surface area contributed by atoms with E-state index in [4.69, 9.17) is 9.47 Å². The number of benzene rings is 2. The summed E-state index contributed by atoms with van der Waals surface area (Å²) >= 11 is 0. The van der Waals surface area contributed by atoms with Gasteiger partial charge in [-0.1, -0.05) is 129 Å². The van der Waals surface area contributed by atoms with Crippen molar-refractivity contribution in [1.82, 2.24) is 0 Å².